The maximum atomic E-state index is 12.7. The molecule has 0 amide bonds. The van der Waals surface area contributed by atoms with E-state index in [-0.39, 0.29) is 22.6 Å². The van der Waals surface area contributed by atoms with Crippen molar-refractivity contribution in [1.82, 2.24) is 4.72 Å². The van der Waals surface area contributed by atoms with Crippen molar-refractivity contribution >= 4 is 21.7 Å². The van der Waals surface area contributed by atoms with Gasteiger partial charge in [0.2, 0.25) is 10.0 Å². The van der Waals surface area contributed by atoms with E-state index in [9.17, 15) is 18.3 Å². The highest BCUT2D eigenvalue weighted by Gasteiger charge is 2.22. The van der Waals surface area contributed by atoms with Crippen LogP contribution in [0.2, 0.25) is 0 Å². The first-order valence-corrected chi connectivity index (χ1v) is 10.4. The first kappa shape index (κ1) is 22.4. The molecule has 0 fully saturated rings. The summed E-state index contributed by atoms with van der Waals surface area (Å²) in [6.45, 7) is 8.75. The van der Waals surface area contributed by atoms with Crippen LogP contribution in [0.3, 0.4) is 0 Å². The second kappa shape index (κ2) is 10.5. The van der Waals surface area contributed by atoms with Crippen molar-refractivity contribution in [3.05, 3.63) is 23.8 Å². The number of sulfonamides is 1. The second-order valence-corrected chi connectivity index (χ2v) is 8.21. The minimum Gasteiger partial charge on any atom is -0.478 e. The summed E-state index contributed by atoms with van der Waals surface area (Å²) in [5.74, 6) is -1.17. The Balaban J connectivity index is 2.98. The Bertz CT molecular complexity index is 689. The van der Waals surface area contributed by atoms with E-state index in [1.165, 1.54) is 18.2 Å². The highest BCUT2D eigenvalue weighted by molar-refractivity contribution is 7.89. The Kier molecular flexibility index (Phi) is 9.04. The van der Waals surface area contributed by atoms with Crippen molar-refractivity contribution in [2.75, 3.05) is 18.5 Å². The molecule has 1 aromatic rings. The summed E-state index contributed by atoms with van der Waals surface area (Å²) in [6, 6.07) is 3.84. The maximum absolute atomic E-state index is 12.7. The fraction of sp³-hybridized carbons (Fsp3) is 0.611. The van der Waals surface area contributed by atoms with Crippen LogP contribution in [-0.2, 0) is 14.8 Å². The van der Waals surface area contributed by atoms with E-state index in [2.05, 4.69) is 10.0 Å². The molecule has 3 N–H and O–H groups in total. The van der Waals surface area contributed by atoms with Gasteiger partial charge in [-0.3, -0.25) is 0 Å². The number of hydrogen-bond acceptors (Lipinski definition) is 5. The summed E-state index contributed by atoms with van der Waals surface area (Å²) >= 11 is 0. The fourth-order valence-electron chi connectivity index (χ4n) is 2.46. The number of hydrogen-bond donors (Lipinski definition) is 3. The third kappa shape index (κ3) is 7.31. The van der Waals surface area contributed by atoms with E-state index in [0.717, 1.165) is 6.42 Å². The summed E-state index contributed by atoms with van der Waals surface area (Å²) in [5, 5.41) is 12.3. The van der Waals surface area contributed by atoms with E-state index in [4.69, 9.17) is 4.74 Å². The first-order valence-electron chi connectivity index (χ1n) is 8.92. The fourth-order valence-corrected chi connectivity index (χ4v) is 3.94. The summed E-state index contributed by atoms with van der Waals surface area (Å²) in [5.41, 5.74) is 0.318. The molecule has 0 saturated heterocycles. The predicted octanol–water partition coefficient (Wildman–Crippen LogP) is 3.08. The van der Waals surface area contributed by atoms with Gasteiger partial charge in [-0.15, -0.1) is 0 Å². The highest BCUT2D eigenvalue weighted by atomic mass is 32.2. The number of rotatable bonds is 12. The van der Waals surface area contributed by atoms with Crippen molar-refractivity contribution in [1.29, 1.82) is 0 Å². The van der Waals surface area contributed by atoms with Gasteiger partial charge in [0.05, 0.1) is 17.4 Å². The Morgan fingerprint density at radius 1 is 1.27 bits per heavy atom. The Hall–Kier alpha value is -1.64. The molecule has 0 saturated carbocycles. The van der Waals surface area contributed by atoms with E-state index in [0.29, 0.717) is 31.7 Å². The normalized spacial score (nSPS) is 13.0. The van der Waals surface area contributed by atoms with Crippen LogP contribution < -0.4 is 10.0 Å². The molecule has 0 aliphatic rings. The first-order chi connectivity index (χ1) is 12.2. The van der Waals surface area contributed by atoms with Crippen LogP contribution in [0, 0.1) is 0 Å². The zero-order valence-corrected chi connectivity index (χ0v) is 16.7. The maximum Gasteiger partial charge on any atom is 0.335 e. The van der Waals surface area contributed by atoms with Gasteiger partial charge in [0.1, 0.15) is 4.90 Å². The number of carbonyl (C=O) groups is 1. The van der Waals surface area contributed by atoms with Crippen LogP contribution in [0.4, 0.5) is 5.69 Å². The van der Waals surface area contributed by atoms with E-state index in [1.54, 1.807) is 6.92 Å². The number of carboxylic acid groups (broad SMARTS) is 1. The molecule has 148 valence electrons. The number of ether oxygens (including phenoxy) is 1. The average Bonchev–Trinajstić information content (AvgIpc) is 2.53. The second-order valence-electron chi connectivity index (χ2n) is 6.53. The third-order valence-corrected chi connectivity index (χ3v) is 5.31. The number of benzene rings is 1. The number of anilines is 1. The lowest BCUT2D eigenvalue weighted by Crippen LogP contribution is -2.33. The average molecular weight is 387 g/mol. The molecule has 7 nitrogen and oxygen atoms in total. The Morgan fingerprint density at radius 3 is 2.54 bits per heavy atom. The van der Waals surface area contributed by atoms with Crippen molar-refractivity contribution in [3.63, 3.8) is 0 Å². The quantitative estimate of drug-likeness (QED) is 0.477. The summed E-state index contributed by atoms with van der Waals surface area (Å²) < 4.78 is 33.5. The van der Waals surface area contributed by atoms with Crippen LogP contribution in [0.15, 0.2) is 23.1 Å². The molecule has 0 unspecified atom stereocenters. The molecule has 0 radical (unpaired) electrons. The van der Waals surface area contributed by atoms with E-state index < -0.39 is 16.0 Å². The molecule has 0 spiro atoms. The topological polar surface area (TPSA) is 105 Å². The molecule has 0 aliphatic heterocycles. The lowest BCUT2D eigenvalue weighted by molar-refractivity contribution is 0.0696. The van der Waals surface area contributed by atoms with Gasteiger partial charge in [0.15, 0.2) is 0 Å². The molecular weight excluding hydrogens is 356 g/mol. The van der Waals surface area contributed by atoms with Crippen LogP contribution in [-0.4, -0.2) is 44.8 Å². The smallest absolute Gasteiger partial charge is 0.335 e. The lowest BCUT2D eigenvalue weighted by atomic mass is 10.2. The van der Waals surface area contributed by atoms with E-state index in [1.807, 2.05) is 20.8 Å². The molecule has 26 heavy (non-hydrogen) atoms. The molecule has 8 heteroatoms. The SMILES string of the molecule is CCC[C@H](C)NS(=O)(=O)c1cc(C(=O)O)ccc1NCCCOC(C)C. The highest BCUT2D eigenvalue weighted by Crippen LogP contribution is 2.23. The molecular formula is C18H30N2O5S. The van der Waals surface area contributed by atoms with E-state index >= 15 is 0 Å². The lowest BCUT2D eigenvalue weighted by Gasteiger charge is -2.17. The van der Waals surface area contributed by atoms with Crippen LogP contribution in [0.5, 0.6) is 0 Å². The largest absolute Gasteiger partial charge is 0.478 e. The van der Waals surface area contributed by atoms with Crippen LogP contribution in [0.25, 0.3) is 0 Å². The monoisotopic (exact) mass is 386 g/mol. The van der Waals surface area contributed by atoms with Gasteiger partial charge in [0.25, 0.3) is 0 Å². The molecule has 1 atom stereocenters. The molecule has 0 aromatic heterocycles. The Morgan fingerprint density at radius 2 is 1.96 bits per heavy atom. The van der Waals surface area contributed by atoms with Crippen molar-refractivity contribution in [3.8, 4) is 0 Å². The zero-order valence-electron chi connectivity index (χ0n) is 15.9. The molecule has 1 aromatic carbocycles. The summed E-state index contributed by atoms with van der Waals surface area (Å²) in [7, 11) is -3.83. The van der Waals surface area contributed by atoms with Crippen molar-refractivity contribution in [2.24, 2.45) is 0 Å². The van der Waals surface area contributed by atoms with Gasteiger partial charge in [-0.1, -0.05) is 13.3 Å². The minimum absolute atomic E-state index is 0.0508. The number of aromatic carboxylic acids is 1. The van der Waals surface area contributed by atoms with Crippen LogP contribution in [0.1, 0.15) is 57.3 Å². The Labute approximate surface area is 156 Å². The van der Waals surface area contributed by atoms with Crippen molar-refractivity contribution < 1.29 is 23.1 Å². The van der Waals surface area contributed by atoms with Crippen LogP contribution >= 0.6 is 0 Å². The number of carboxylic acids is 1. The summed E-state index contributed by atoms with van der Waals surface area (Å²) in [4.78, 5) is 11.2. The zero-order chi connectivity index (χ0) is 19.7. The van der Waals surface area contributed by atoms with Gasteiger partial charge < -0.3 is 15.2 Å². The standard InChI is InChI=1S/C18H30N2O5S/c1-5-7-14(4)20-26(23,24)17-12-15(18(21)22)8-9-16(17)19-10-6-11-25-13(2)3/h8-9,12-14,19-20H,5-7,10-11H2,1-4H3,(H,21,22)/t14-/m0/s1. The third-order valence-electron chi connectivity index (χ3n) is 3.68. The van der Waals surface area contributed by atoms with Gasteiger partial charge >= 0.3 is 5.97 Å². The molecule has 0 bridgehead atoms. The molecule has 1 rings (SSSR count). The summed E-state index contributed by atoms with van der Waals surface area (Å²) in [6.07, 6.45) is 2.40. The van der Waals surface area contributed by atoms with Gasteiger partial charge in [-0.05, 0) is 51.8 Å². The molecule has 0 aliphatic carbocycles. The molecule has 0 heterocycles. The van der Waals surface area contributed by atoms with Gasteiger partial charge in [0, 0.05) is 19.2 Å². The predicted molar refractivity (Wildman–Crippen MR) is 102 cm³/mol. The minimum atomic E-state index is -3.83. The van der Waals surface area contributed by atoms with Gasteiger partial charge in [-0.25, -0.2) is 17.9 Å². The van der Waals surface area contributed by atoms with Crippen molar-refractivity contribution in [2.45, 2.75) is 64.0 Å². The number of nitrogens with one attached hydrogen (secondary N) is 2. The van der Waals surface area contributed by atoms with Gasteiger partial charge in [-0.2, -0.15) is 0 Å².